The third kappa shape index (κ3) is 2.82. The quantitative estimate of drug-likeness (QED) is 0.736. The smallest absolute Gasteiger partial charge is 0.363 e. The van der Waals surface area contributed by atoms with Crippen LogP contribution in [0.3, 0.4) is 0 Å². The highest BCUT2D eigenvalue weighted by atomic mass is 79.9. The summed E-state index contributed by atoms with van der Waals surface area (Å²) in [5.74, 6) is -2.81. The van der Waals surface area contributed by atoms with Gasteiger partial charge in [-0.25, -0.2) is 4.79 Å². The molecule has 9 heteroatoms. The van der Waals surface area contributed by atoms with Gasteiger partial charge in [-0.2, -0.15) is 13.2 Å². The van der Waals surface area contributed by atoms with E-state index in [1.54, 1.807) is 12.1 Å². The van der Waals surface area contributed by atoms with Crippen LogP contribution in [0.15, 0.2) is 28.7 Å². The van der Waals surface area contributed by atoms with Gasteiger partial charge in [0.15, 0.2) is 0 Å². The van der Waals surface area contributed by atoms with Crippen LogP contribution in [0.1, 0.15) is 18.5 Å². The maximum Gasteiger partial charge on any atom is 0.437 e. The molecule has 1 saturated heterocycles. The summed E-state index contributed by atoms with van der Waals surface area (Å²) in [6.07, 6.45) is -5.20. The van der Waals surface area contributed by atoms with Gasteiger partial charge in [-0.05, 0) is 24.6 Å². The summed E-state index contributed by atoms with van der Waals surface area (Å²) in [5, 5.41) is 13.7. The Kier molecular flexibility index (Phi) is 4.22. The molecule has 1 aromatic carbocycles. The summed E-state index contributed by atoms with van der Waals surface area (Å²) < 4.78 is 40.3. The van der Waals surface area contributed by atoms with E-state index >= 15 is 0 Å². The highest BCUT2D eigenvalue weighted by molar-refractivity contribution is 9.10. The van der Waals surface area contributed by atoms with Crippen LogP contribution in [0.5, 0.6) is 0 Å². The number of aliphatic hydroxyl groups is 1. The van der Waals surface area contributed by atoms with Crippen molar-refractivity contribution in [1.82, 2.24) is 10.6 Å². The Morgan fingerprint density at radius 1 is 1.32 bits per heavy atom. The standard InChI is InChI=1S/C13H12BrF3N2O3/c1-6(20)9-10(7-2-4-8(14)5-3-7)18-11(21)19-12(9,22)13(15,16)17/h2-5,9-10,22H,1H3,(H2,18,19,21)/t9-,10+,12+/m1/s1. The predicted octanol–water partition coefficient (Wildman–Crippen LogP) is 2.26. The molecule has 1 aromatic rings. The van der Waals surface area contributed by atoms with E-state index in [1.165, 1.54) is 17.4 Å². The first-order valence-corrected chi connectivity index (χ1v) is 6.99. The van der Waals surface area contributed by atoms with Gasteiger partial charge in [0, 0.05) is 4.47 Å². The fourth-order valence-corrected chi connectivity index (χ4v) is 2.74. The lowest BCUT2D eigenvalue weighted by Crippen LogP contribution is -2.72. The minimum Gasteiger partial charge on any atom is -0.363 e. The van der Waals surface area contributed by atoms with E-state index in [9.17, 15) is 27.9 Å². The van der Waals surface area contributed by atoms with Gasteiger partial charge in [-0.1, -0.05) is 28.1 Å². The Balaban J connectivity index is 2.54. The van der Waals surface area contributed by atoms with Crippen molar-refractivity contribution in [3.8, 4) is 0 Å². The number of carbonyl (C=O) groups excluding carboxylic acids is 2. The second kappa shape index (κ2) is 5.54. The number of hydrogen-bond acceptors (Lipinski definition) is 3. The lowest BCUT2D eigenvalue weighted by Gasteiger charge is -2.44. The number of halogens is 4. The van der Waals surface area contributed by atoms with Crippen LogP contribution in [0.4, 0.5) is 18.0 Å². The van der Waals surface area contributed by atoms with Gasteiger partial charge in [0.2, 0.25) is 5.72 Å². The first-order valence-electron chi connectivity index (χ1n) is 6.20. The Hall–Kier alpha value is -1.61. The summed E-state index contributed by atoms with van der Waals surface area (Å²) in [5.41, 5.74) is -3.35. The third-order valence-corrected chi connectivity index (χ3v) is 4.00. The molecule has 0 aromatic heterocycles. The van der Waals surface area contributed by atoms with E-state index in [-0.39, 0.29) is 5.56 Å². The lowest BCUT2D eigenvalue weighted by molar-refractivity contribution is -0.290. The lowest BCUT2D eigenvalue weighted by atomic mass is 9.79. The molecule has 1 aliphatic heterocycles. The summed E-state index contributed by atoms with van der Waals surface area (Å²) in [7, 11) is 0. The third-order valence-electron chi connectivity index (χ3n) is 3.47. The second-order valence-electron chi connectivity index (χ2n) is 4.98. The van der Waals surface area contributed by atoms with E-state index in [4.69, 9.17) is 0 Å². The molecule has 0 saturated carbocycles. The molecular weight excluding hydrogens is 369 g/mol. The fourth-order valence-electron chi connectivity index (χ4n) is 2.47. The number of ketones is 1. The van der Waals surface area contributed by atoms with Crippen LogP contribution in [-0.2, 0) is 4.79 Å². The van der Waals surface area contributed by atoms with E-state index in [0.29, 0.717) is 4.47 Å². The Bertz CT molecular complexity index is 606. The number of amides is 2. The SMILES string of the molecule is CC(=O)[C@@H]1[C@H](c2ccc(Br)cc2)NC(=O)N[C@@]1(O)C(F)(F)F. The topological polar surface area (TPSA) is 78.4 Å². The first kappa shape index (κ1) is 16.8. The van der Waals surface area contributed by atoms with Gasteiger partial charge in [0.05, 0.1) is 12.0 Å². The summed E-state index contributed by atoms with van der Waals surface area (Å²) in [6.45, 7) is 0.937. The number of Topliss-reactive ketones (excluding diaryl/α,β-unsaturated/α-hetero) is 1. The molecule has 0 bridgehead atoms. The van der Waals surface area contributed by atoms with Crippen molar-refractivity contribution in [2.45, 2.75) is 24.9 Å². The zero-order chi connectivity index (χ0) is 16.7. The highest BCUT2D eigenvalue weighted by Crippen LogP contribution is 2.42. The number of urea groups is 1. The molecule has 0 spiro atoms. The highest BCUT2D eigenvalue weighted by Gasteiger charge is 2.65. The van der Waals surface area contributed by atoms with Gasteiger partial charge in [0.1, 0.15) is 5.78 Å². The van der Waals surface area contributed by atoms with Crippen LogP contribution < -0.4 is 10.6 Å². The maximum absolute atomic E-state index is 13.2. The van der Waals surface area contributed by atoms with E-state index in [0.717, 1.165) is 6.92 Å². The largest absolute Gasteiger partial charge is 0.437 e. The second-order valence-corrected chi connectivity index (χ2v) is 5.90. The molecule has 2 rings (SSSR count). The number of benzene rings is 1. The first-order chi connectivity index (χ1) is 10.1. The normalized spacial score (nSPS) is 28.7. The molecule has 5 nitrogen and oxygen atoms in total. The number of rotatable bonds is 2. The molecule has 2 amide bonds. The summed E-state index contributed by atoms with van der Waals surface area (Å²) in [4.78, 5) is 23.3. The zero-order valence-corrected chi connectivity index (χ0v) is 12.8. The molecule has 3 N–H and O–H groups in total. The van der Waals surface area contributed by atoms with Crippen molar-refractivity contribution in [2.75, 3.05) is 0 Å². The molecule has 0 radical (unpaired) electrons. The summed E-state index contributed by atoms with van der Waals surface area (Å²) >= 11 is 3.18. The van der Waals surface area contributed by atoms with E-state index < -0.39 is 35.7 Å². The van der Waals surface area contributed by atoms with Gasteiger partial charge < -0.3 is 15.7 Å². The van der Waals surface area contributed by atoms with Gasteiger partial charge >= 0.3 is 12.2 Å². The molecule has 3 atom stereocenters. The average molecular weight is 381 g/mol. The Morgan fingerprint density at radius 2 is 1.86 bits per heavy atom. The molecule has 0 unspecified atom stereocenters. The monoisotopic (exact) mass is 380 g/mol. The van der Waals surface area contributed by atoms with Crippen molar-refractivity contribution >= 4 is 27.7 Å². The van der Waals surface area contributed by atoms with Crippen LogP contribution in [0.2, 0.25) is 0 Å². The van der Waals surface area contributed by atoms with Crippen molar-refractivity contribution in [2.24, 2.45) is 5.92 Å². The molecule has 1 heterocycles. The molecule has 120 valence electrons. The molecule has 1 fully saturated rings. The van der Waals surface area contributed by atoms with Crippen LogP contribution >= 0.6 is 15.9 Å². The average Bonchev–Trinajstić information content (AvgIpc) is 2.36. The van der Waals surface area contributed by atoms with Crippen molar-refractivity contribution in [3.05, 3.63) is 34.3 Å². The van der Waals surface area contributed by atoms with Gasteiger partial charge in [-0.3, -0.25) is 4.79 Å². The zero-order valence-electron chi connectivity index (χ0n) is 11.2. The number of alkyl halides is 3. The molecular formula is C13H12BrF3N2O3. The maximum atomic E-state index is 13.2. The van der Waals surface area contributed by atoms with Gasteiger partial charge in [-0.15, -0.1) is 0 Å². The predicted molar refractivity (Wildman–Crippen MR) is 73.7 cm³/mol. The summed E-state index contributed by atoms with van der Waals surface area (Å²) in [6, 6.07) is 3.55. The number of nitrogens with one attached hydrogen (secondary N) is 2. The Morgan fingerprint density at radius 3 is 2.32 bits per heavy atom. The van der Waals surface area contributed by atoms with Crippen molar-refractivity contribution < 1.29 is 27.9 Å². The molecule has 0 aliphatic carbocycles. The van der Waals surface area contributed by atoms with Crippen molar-refractivity contribution in [3.63, 3.8) is 0 Å². The van der Waals surface area contributed by atoms with Gasteiger partial charge in [0.25, 0.3) is 0 Å². The van der Waals surface area contributed by atoms with E-state index in [2.05, 4.69) is 21.2 Å². The van der Waals surface area contributed by atoms with Crippen LogP contribution in [-0.4, -0.2) is 28.8 Å². The minimum absolute atomic E-state index is 0.279. The number of carbonyl (C=O) groups is 2. The van der Waals surface area contributed by atoms with Crippen molar-refractivity contribution in [1.29, 1.82) is 0 Å². The minimum atomic E-state index is -5.20. The number of hydrogen-bond donors (Lipinski definition) is 3. The van der Waals surface area contributed by atoms with Crippen LogP contribution in [0, 0.1) is 5.92 Å². The molecule has 22 heavy (non-hydrogen) atoms. The van der Waals surface area contributed by atoms with E-state index in [1.807, 2.05) is 0 Å². The Labute approximate surface area is 132 Å². The fraction of sp³-hybridized carbons (Fsp3) is 0.385. The van der Waals surface area contributed by atoms with Crippen LogP contribution in [0.25, 0.3) is 0 Å². The molecule has 1 aliphatic rings.